The number of thioether (sulfide) groups is 1. The fourth-order valence-electron chi connectivity index (χ4n) is 2.07. The van der Waals surface area contributed by atoms with Crippen molar-refractivity contribution in [1.82, 2.24) is 4.90 Å². The van der Waals surface area contributed by atoms with Crippen molar-refractivity contribution in [2.45, 2.75) is 12.5 Å². The van der Waals surface area contributed by atoms with Crippen molar-refractivity contribution in [1.29, 1.82) is 0 Å². The van der Waals surface area contributed by atoms with E-state index in [2.05, 4.69) is 21.2 Å². The molecule has 2 rings (SSSR count). The molecule has 1 saturated heterocycles. The first kappa shape index (κ1) is 16.1. The van der Waals surface area contributed by atoms with Crippen LogP contribution in [0.3, 0.4) is 0 Å². The molecule has 21 heavy (non-hydrogen) atoms. The Morgan fingerprint density at radius 3 is 3.00 bits per heavy atom. The van der Waals surface area contributed by atoms with Gasteiger partial charge in [-0.15, -0.1) is 0 Å². The summed E-state index contributed by atoms with van der Waals surface area (Å²) in [7, 11) is 0. The predicted molar refractivity (Wildman–Crippen MR) is 83.2 cm³/mol. The Morgan fingerprint density at radius 2 is 2.29 bits per heavy atom. The van der Waals surface area contributed by atoms with Crippen molar-refractivity contribution in [3.63, 3.8) is 0 Å². The van der Waals surface area contributed by atoms with Gasteiger partial charge < -0.3 is 15.3 Å². The highest BCUT2D eigenvalue weighted by Crippen LogP contribution is 2.25. The maximum Gasteiger partial charge on any atom is 0.322 e. The number of benzene rings is 1. The average Bonchev–Trinajstić information content (AvgIpc) is 2.42. The maximum atomic E-state index is 13.2. The minimum atomic E-state index is -0.938. The Kier molecular flexibility index (Phi) is 5.46. The monoisotopic (exact) mass is 376 g/mol. The minimum Gasteiger partial charge on any atom is -0.481 e. The zero-order valence-corrected chi connectivity index (χ0v) is 13.4. The Bertz CT molecular complexity index is 558. The van der Waals surface area contributed by atoms with Gasteiger partial charge in [0.15, 0.2) is 0 Å². The molecule has 0 aliphatic carbocycles. The highest BCUT2D eigenvalue weighted by Gasteiger charge is 2.29. The first-order valence-corrected chi connectivity index (χ1v) is 8.24. The largest absolute Gasteiger partial charge is 0.481 e. The molecule has 0 bridgehead atoms. The molecule has 8 heteroatoms. The number of hydrogen-bond acceptors (Lipinski definition) is 3. The fourth-order valence-corrected chi connectivity index (χ4v) is 3.48. The van der Waals surface area contributed by atoms with Crippen LogP contribution in [0.5, 0.6) is 0 Å². The Labute approximate surface area is 134 Å². The van der Waals surface area contributed by atoms with Crippen molar-refractivity contribution in [2.24, 2.45) is 0 Å². The summed E-state index contributed by atoms with van der Waals surface area (Å²) < 4.78 is 13.8. The number of carboxylic acids is 1. The molecule has 114 valence electrons. The molecule has 2 amide bonds. The topological polar surface area (TPSA) is 69.6 Å². The highest BCUT2D eigenvalue weighted by molar-refractivity contribution is 9.10. The second-order valence-electron chi connectivity index (χ2n) is 4.57. The number of nitrogens with one attached hydrogen (secondary N) is 1. The molecule has 1 heterocycles. The lowest BCUT2D eigenvalue weighted by atomic mass is 10.2. The van der Waals surface area contributed by atoms with E-state index in [4.69, 9.17) is 5.11 Å². The molecular formula is C13H14BrFN2O3S. The second-order valence-corrected chi connectivity index (χ2v) is 6.58. The number of aliphatic carboxylic acids is 1. The van der Waals surface area contributed by atoms with E-state index in [0.29, 0.717) is 22.5 Å². The van der Waals surface area contributed by atoms with Crippen LogP contribution in [0, 0.1) is 5.82 Å². The molecule has 5 nitrogen and oxygen atoms in total. The van der Waals surface area contributed by atoms with Gasteiger partial charge in [0.1, 0.15) is 5.82 Å². The van der Waals surface area contributed by atoms with E-state index in [1.807, 2.05) is 0 Å². The molecular weight excluding hydrogens is 363 g/mol. The molecule has 1 atom stereocenters. The van der Waals surface area contributed by atoms with Crippen LogP contribution in [0.15, 0.2) is 22.7 Å². The van der Waals surface area contributed by atoms with Crippen molar-refractivity contribution in [3.05, 3.63) is 28.5 Å². The van der Waals surface area contributed by atoms with Crippen LogP contribution in [0.2, 0.25) is 0 Å². The first-order valence-electron chi connectivity index (χ1n) is 6.29. The number of halogens is 2. The van der Waals surface area contributed by atoms with Crippen LogP contribution in [0.4, 0.5) is 14.9 Å². The lowest BCUT2D eigenvalue weighted by molar-refractivity contribution is -0.137. The van der Waals surface area contributed by atoms with Gasteiger partial charge >= 0.3 is 12.0 Å². The zero-order chi connectivity index (χ0) is 15.4. The minimum absolute atomic E-state index is 0.0925. The second kappa shape index (κ2) is 7.13. The molecule has 0 aromatic heterocycles. The average molecular weight is 377 g/mol. The number of hydrogen-bond donors (Lipinski definition) is 2. The summed E-state index contributed by atoms with van der Waals surface area (Å²) in [6.07, 6.45) is -0.0925. The summed E-state index contributed by atoms with van der Waals surface area (Å²) in [5.74, 6) is -0.0465. The zero-order valence-electron chi connectivity index (χ0n) is 11.0. The Hall–Kier alpha value is -1.28. The number of rotatable bonds is 3. The standard InChI is InChI=1S/C13H14BrFN2O3S/c14-10-2-1-8(15)5-11(10)16-13(20)17-3-4-21-7-9(17)6-12(18)19/h1-2,5,9H,3-4,6-7H2,(H,16,20)(H,18,19). The summed E-state index contributed by atoms with van der Waals surface area (Å²) in [6.45, 7) is 0.474. The summed E-state index contributed by atoms with van der Waals surface area (Å²) >= 11 is 4.86. The molecule has 2 N–H and O–H groups in total. The number of anilines is 1. The van der Waals surface area contributed by atoms with Gasteiger partial charge in [-0.1, -0.05) is 0 Å². The summed E-state index contributed by atoms with van der Waals surface area (Å²) in [5, 5.41) is 11.5. The van der Waals surface area contributed by atoms with Gasteiger partial charge in [0.25, 0.3) is 0 Å². The third kappa shape index (κ3) is 4.34. The normalized spacial score (nSPS) is 18.4. The van der Waals surface area contributed by atoms with E-state index >= 15 is 0 Å². The van der Waals surface area contributed by atoms with Crippen LogP contribution in [0.1, 0.15) is 6.42 Å². The van der Waals surface area contributed by atoms with Crippen molar-refractivity contribution >= 4 is 45.4 Å². The van der Waals surface area contributed by atoms with Crippen molar-refractivity contribution < 1.29 is 19.1 Å². The highest BCUT2D eigenvalue weighted by atomic mass is 79.9. The van der Waals surface area contributed by atoms with Gasteiger partial charge in [0, 0.05) is 22.5 Å². The van der Waals surface area contributed by atoms with Gasteiger partial charge in [-0.2, -0.15) is 11.8 Å². The van der Waals surface area contributed by atoms with E-state index in [9.17, 15) is 14.0 Å². The first-order chi connectivity index (χ1) is 9.97. The number of carboxylic acid groups (broad SMARTS) is 1. The Balaban J connectivity index is 2.10. The van der Waals surface area contributed by atoms with Crippen LogP contribution >= 0.6 is 27.7 Å². The fraction of sp³-hybridized carbons (Fsp3) is 0.385. The van der Waals surface area contributed by atoms with Crippen molar-refractivity contribution in [3.8, 4) is 0 Å². The third-order valence-corrected chi connectivity index (χ3v) is 4.85. The molecule has 1 unspecified atom stereocenters. The van der Waals surface area contributed by atoms with Crippen LogP contribution in [-0.2, 0) is 4.79 Å². The van der Waals surface area contributed by atoms with Crippen LogP contribution in [0.25, 0.3) is 0 Å². The predicted octanol–water partition coefficient (Wildman–Crippen LogP) is 3.01. The van der Waals surface area contributed by atoms with E-state index in [-0.39, 0.29) is 12.5 Å². The number of nitrogens with zero attached hydrogens (tertiary/aromatic N) is 1. The van der Waals surface area contributed by atoms with Gasteiger partial charge in [-0.05, 0) is 34.1 Å². The maximum absolute atomic E-state index is 13.2. The lowest BCUT2D eigenvalue weighted by Gasteiger charge is -2.34. The number of amides is 2. The van der Waals surface area contributed by atoms with Crippen LogP contribution < -0.4 is 5.32 Å². The summed E-state index contributed by atoms with van der Waals surface area (Å²) in [6, 6.07) is 3.24. The summed E-state index contributed by atoms with van der Waals surface area (Å²) in [5.41, 5.74) is 0.326. The van der Waals surface area contributed by atoms with E-state index in [1.54, 1.807) is 11.8 Å². The molecule has 1 aliphatic rings. The molecule has 0 spiro atoms. The van der Waals surface area contributed by atoms with Gasteiger partial charge in [-0.3, -0.25) is 4.79 Å². The molecule has 0 radical (unpaired) electrons. The third-order valence-electron chi connectivity index (χ3n) is 3.07. The molecule has 1 aliphatic heterocycles. The number of carbonyl (C=O) groups is 2. The molecule has 1 aromatic rings. The SMILES string of the molecule is O=C(O)CC1CSCCN1C(=O)Nc1cc(F)ccc1Br. The van der Waals surface area contributed by atoms with Gasteiger partial charge in [0.2, 0.25) is 0 Å². The van der Waals surface area contributed by atoms with Gasteiger partial charge in [-0.25, -0.2) is 9.18 Å². The number of urea groups is 1. The van der Waals surface area contributed by atoms with Crippen molar-refractivity contribution in [2.75, 3.05) is 23.4 Å². The van der Waals surface area contributed by atoms with Crippen LogP contribution in [-0.4, -0.2) is 46.1 Å². The van der Waals surface area contributed by atoms with E-state index in [0.717, 1.165) is 5.75 Å². The summed E-state index contributed by atoms with van der Waals surface area (Å²) in [4.78, 5) is 24.7. The quantitative estimate of drug-likeness (QED) is 0.850. The van der Waals surface area contributed by atoms with E-state index in [1.165, 1.54) is 23.1 Å². The Morgan fingerprint density at radius 1 is 1.52 bits per heavy atom. The molecule has 1 fully saturated rings. The van der Waals surface area contributed by atoms with E-state index < -0.39 is 17.8 Å². The molecule has 0 saturated carbocycles. The lowest BCUT2D eigenvalue weighted by Crippen LogP contribution is -2.48. The number of carbonyl (C=O) groups excluding carboxylic acids is 1. The molecule has 1 aromatic carbocycles. The van der Waals surface area contributed by atoms with Gasteiger partial charge in [0.05, 0.1) is 18.2 Å². The smallest absolute Gasteiger partial charge is 0.322 e.